The third-order valence-electron chi connectivity index (χ3n) is 15.6. The Morgan fingerprint density at radius 1 is 0.375 bits per heavy atom. The smallest absolute Gasteiger partial charge is 0.305 e. The van der Waals surface area contributed by atoms with Crippen LogP contribution in [0.5, 0.6) is 0 Å². The molecular formula is C66H129NO5. The van der Waals surface area contributed by atoms with E-state index in [1.807, 2.05) is 0 Å². The van der Waals surface area contributed by atoms with Crippen LogP contribution in [0.25, 0.3) is 0 Å². The SMILES string of the molecule is CCCCCCCCCCCCCCCCCCCC(=O)OCCCCCCCCCCCCCC/C=C\CCCCCCCCCCCC(=O)NC(CO)C(O)CCCCCCCCCCCCCCC. The number of allylic oxidation sites excluding steroid dienone is 2. The van der Waals surface area contributed by atoms with Crippen LogP contribution in [-0.2, 0) is 14.3 Å². The Bertz CT molecular complexity index is 1080. The Kier molecular flexibility index (Phi) is 60.9. The van der Waals surface area contributed by atoms with Crippen molar-refractivity contribution >= 4 is 11.9 Å². The van der Waals surface area contributed by atoms with E-state index in [1.165, 1.54) is 302 Å². The van der Waals surface area contributed by atoms with Gasteiger partial charge in [0.1, 0.15) is 0 Å². The highest BCUT2D eigenvalue weighted by molar-refractivity contribution is 5.76. The molecule has 0 aliphatic carbocycles. The van der Waals surface area contributed by atoms with Crippen molar-refractivity contribution in [2.45, 2.75) is 386 Å². The molecule has 0 rings (SSSR count). The van der Waals surface area contributed by atoms with Gasteiger partial charge in [-0.05, 0) is 51.4 Å². The molecule has 0 saturated carbocycles. The molecule has 0 spiro atoms. The molecule has 2 unspecified atom stereocenters. The Morgan fingerprint density at radius 3 is 0.986 bits per heavy atom. The zero-order chi connectivity index (χ0) is 52.2. The molecule has 3 N–H and O–H groups in total. The lowest BCUT2D eigenvalue weighted by atomic mass is 10.0. The van der Waals surface area contributed by atoms with E-state index in [-0.39, 0.29) is 18.5 Å². The van der Waals surface area contributed by atoms with Crippen LogP contribution in [0.4, 0.5) is 0 Å². The third-order valence-corrected chi connectivity index (χ3v) is 15.6. The molecular weight excluding hydrogens is 887 g/mol. The number of aliphatic hydroxyl groups excluding tert-OH is 2. The summed E-state index contributed by atoms with van der Waals surface area (Å²) in [5, 5.41) is 23.3. The molecule has 6 heteroatoms. The fraction of sp³-hybridized carbons (Fsp3) is 0.939. The van der Waals surface area contributed by atoms with Crippen LogP contribution < -0.4 is 5.32 Å². The summed E-state index contributed by atoms with van der Waals surface area (Å²) in [5.74, 6) is -0.0179. The van der Waals surface area contributed by atoms with Gasteiger partial charge in [0, 0.05) is 12.8 Å². The van der Waals surface area contributed by atoms with Crippen LogP contribution in [0.2, 0.25) is 0 Å². The molecule has 0 fully saturated rings. The minimum absolute atomic E-state index is 0.0182. The molecule has 0 aromatic carbocycles. The number of rotatable bonds is 62. The number of unbranched alkanes of at least 4 members (excludes halogenated alkanes) is 49. The molecule has 6 nitrogen and oxygen atoms in total. The monoisotopic (exact) mass is 1020 g/mol. The van der Waals surface area contributed by atoms with Gasteiger partial charge in [-0.3, -0.25) is 9.59 Å². The highest BCUT2D eigenvalue weighted by Gasteiger charge is 2.20. The normalized spacial score (nSPS) is 12.6. The van der Waals surface area contributed by atoms with Gasteiger partial charge < -0.3 is 20.3 Å². The van der Waals surface area contributed by atoms with Crippen molar-refractivity contribution < 1.29 is 24.5 Å². The van der Waals surface area contributed by atoms with Crippen molar-refractivity contribution in [3.63, 3.8) is 0 Å². The molecule has 72 heavy (non-hydrogen) atoms. The second-order valence-corrected chi connectivity index (χ2v) is 22.8. The summed E-state index contributed by atoms with van der Waals surface area (Å²) in [6, 6.07) is -0.542. The standard InChI is InChI=1S/C66H129NO5/c1-3-5-7-9-11-13-15-17-18-28-32-36-40-44-48-52-56-60-66(71)72-61-57-53-49-45-41-37-33-30-27-25-23-21-19-20-22-24-26-29-31-35-39-43-47-51-55-59-65(70)67-63(62-68)64(69)58-54-50-46-42-38-34-16-14-12-10-8-6-4-2/h20,22,63-64,68-69H,3-19,21,23-62H2,1-2H3,(H,67,70)/b22-20-. The molecule has 2 atom stereocenters. The number of esters is 1. The van der Waals surface area contributed by atoms with E-state index in [0.717, 1.165) is 38.5 Å². The summed E-state index contributed by atoms with van der Waals surface area (Å²) in [4.78, 5) is 24.6. The van der Waals surface area contributed by atoms with E-state index in [9.17, 15) is 19.8 Å². The predicted octanol–water partition coefficient (Wildman–Crippen LogP) is 20.8. The van der Waals surface area contributed by atoms with Crippen molar-refractivity contribution in [1.82, 2.24) is 5.32 Å². The van der Waals surface area contributed by atoms with Gasteiger partial charge in [-0.15, -0.1) is 0 Å². The largest absolute Gasteiger partial charge is 0.466 e. The van der Waals surface area contributed by atoms with Crippen LogP contribution in [0, 0.1) is 0 Å². The first-order valence-corrected chi connectivity index (χ1v) is 32.9. The summed E-state index contributed by atoms with van der Waals surface area (Å²) in [5.41, 5.74) is 0. The van der Waals surface area contributed by atoms with E-state index in [4.69, 9.17) is 4.74 Å². The van der Waals surface area contributed by atoms with E-state index >= 15 is 0 Å². The molecule has 0 aliphatic heterocycles. The van der Waals surface area contributed by atoms with Gasteiger partial charge in [0.15, 0.2) is 0 Å². The number of ether oxygens (including phenoxy) is 1. The van der Waals surface area contributed by atoms with Crippen LogP contribution in [0.3, 0.4) is 0 Å². The molecule has 0 aliphatic rings. The van der Waals surface area contributed by atoms with Crippen molar-refractivity contribution in [3.05, 3.63) is 12.2 Å². The number of aliphatic hydroxyl groups is 2. The summed E-state index contributed by atoms with van der Waals surface area (Å²) in [6.07, 6.45) is 75.3. The number of hydrogen-bond acceptors (Lipinski definition) is 5. The van der Waals surface area contributed by atoms with Crippen molar-refractivity contribution in [1.29, 1.82) is 0 Å². The number of nitrogens with one attached hydrogen (secondary N) is 1. The first-order chi connectivity index (χ1) is 35.5. The van der Waals surface area contributed by atoms with Crippen molar-refractivity contribution in [2.24, 2.45) is 0 Å². The minimum atomic E-state index is -0.665. The lowest BCUT2D eigenvalue weighted by Crippen LogP contribution is -2.45. The zero-order valence-electron chi connectivity index (χ0n) is 48.9. The molecule has 428 valence electrons. The first-order valence-electron chi connectivity index (χ1n) is 32.9. The van der Waals surface area contributed by atoms with Crippen LogP contribution in [0.1, 0.15) is 373 Å². The van der Waals surface area contributed by atoms with Gasteiger partial charge >= 0.3 is 5.97 Å². The van der Waals surface area contributed by atoms with Gasteiger partial charge in [0.2, 0.25) is 5.91 Å². The molecule has 0 saturated heterocycles. The van der Waals surface area contributed by atoms with Gasteiger partial charge in [0.05, 0.1) is 25.4 Å². The highest BCUT2D eigenvalue weighted by Crippen LogP contribution is 2.18. The fourth-order valence-electron chi connectivity index (χ4n) is 10.5. The zero-order valence-corrected chi connectivity index (χ0v) is 48.9. The van der Waals surface area contributed by atoms with Gasteiger partial charge in [-0.1, -0.05) is 321 Å². The molecule has 0 aromatic rings. The first kappa shape index (κ1) is 70.6. The fourth-order valence-corrected chi connectivity index (χ4v) is 10.5. The van der Waals surface area contributed by atoms with E-state index in [0.29, 0.717) is 25.9 Å². The topological polar surface area (TPSA) is 95.9 Å². The van der Waals surface area contributed by atoms with Crippen molar-refractivity contribution in [2.75, 3.05) is 13.2 Å². The van der Waals surface area contributed by atoms with Crippen LogP contribution in [0.15, 0.2) is 12.2 Å². The average Bonchev–Trinajstić information content (AvgIpc) is 3.38. The summed E-state index contributed by atoms with van der Waals surface area (Å²) >= 11 is 0. The highest BCUT2D eigenvalue weighted by atomic mass is 16.5. The second kappa shape index (κ2) is 62.1. The van der Waals surface area contributed by atoms with Crippen LogP contribution >= 0.6 is 0 Å². The lowest BCUT2D eigenvalue weighted by molar-refractivity contribution is -0.143. The molecule has 0 radical (unpaired) electrons. The van der Waals surface area contributed by atoms with Gasteiger partial charge in [0.25, 0.3) is 0 Å². The average molecular weight is 1020 g/mol. The summed E-state index contributed by atoms with van der Waals surface area (Å²) in [6.45, 7) is 4.98. The van der Waals surface area contributed by atoms with Gasteiger partial charge in [-0.25, -0.2) is 0 Å². The quantitative estimate of drug-likeness (QED) is 0.0320. The third kappa shape index (κ3) is 57.9. The predicted molar refractivity (Wildman–Crippen MR) is 315 cm³/mol. The molecule has 0 heterocycles. The number of hydrogen-bond donors (Lipinski definition) is 3. The van der Waals surface area contributed by atoms with E-state index < -0.39 is 12.1 Å². The summed E-state index contributed by atoms with van der Waals surface area (Å²) in [7, 11) is 0. The maximum absolute atomic E-state index is 12.5. The Morgan fingerprint density at radius 2 is 0.653 bits per heavy atom. The van der Waals surface area contributed by atoms with Gasteiger partial charge in [-0.2, -0.15) is 0 Å². The molecule has 0 bridgehead atoms. The maximum atomic E-state index is 12.5. The second-order valence-electron chi connectivity index (χ2n) is 22.8. The number of amides is 1. The molecule has 1 amide bonds. The van der Waals surface area contributed by atoms with Crippen molar-refractivity contribution in [3.8, 4) is 0 Å². The Hall–Kier alpha value is -1.40. The maximum Gasteiger partial charge on any atom is 0.305 e. The Labute approximate surface area is 450 Å². The van der Waals surface area contributed by atoms with Crippen LogP contribution in [-0.4, -0.2) is 47.4 Å². The van der Waals surface area contributed by atoms with E-state index in [1.54, 1.807) is 0 Å². The van der Waals surface area contributed by atoms with E-state index in [2.05, 4.69) is 31.3 Å². The number of carbonyl (C=O) groups excluding carboxylic acids is 2. The number of carbonyl (C=O) groups is 2. The Balaban J connectivity index is 3.36. The molecule has 0 aromatic heterocycles. The summed E-state index contributed by atoms with van der Waals surface area (Å²) < 4.78 is 5.50. The minimum Gasteiger partial charge on any atom is -0.466 e. The lowest BCUT2D eigenvalue weighted by Gasteiger charge is -2.22.